The van der Waals surface area contributed by atoms with Gasteiger partial charge in [-0.15, -0.1) is 11.6 Å². The number of alkyl halides is 1. The van der Waals surface area contributed by atoms with Crippen molar-refractivity contribution in [3.8, 4) is 5.75 Å². The summed E-state index contributed by atoms with van der Waals surface area (Å²) in [4.78, 5) is 8.05. The second-order valence-corrected chi connectivity index (χ2v) is 3.71. The number of fused-ring (bicyclic) bond motifs is 1. The van der Waals surface area contributed by atoms with Crippen LogP contribution in [0.3, 0.4) is 0 Å². The number of hydrogen-bond acceptors (Lipinski definition) is 4. The third-order valence-corrected chi connectivity index (χ3v) is 2.45. The average molecular weight is 238 g/mol. The van der Waals surface area contributed by atoms with Gasteiger partial charge in [-0.25, -0.2) is 9.97 Å². The van der Waals surface area contributed by atoms with Gasteiger partial charge in [0, 0.05) is 17.3 Å². The number of nitrogens with zero attached hydrogens (tertiary/aromatic N) is 2. The Balaban J connectivity index is 2.23. The van der Waals surface area contributed by atoms with E-state index in [1.54, 1.807) is 0 Å². The molecular weight excluding hydrogens is 226 g/mol. The summed E-state index contributed by atoms with van der Waals surface area (Å²) < 4.78 is 5.51. The first-order valence-corrected chi connectivity index (χ1v) is 5.53. The highest BCUT2D eigenvalue weighted by Crippen LogP contribution is 2.21. The molecule has 0 bridgehead atoms. The van der Waals surface area contributed by atoms with E-state index in [-0.39, 0.29) is 0 Å². The second kappa shape index (κ2) is 4.99. The summed E-state index contributed by atoms with van der Waals surface area (Å²) in [6.07, 6.45) is 2.27. The molecule has 0 aliphatic heterocycles. The summed E-state index contributed by atoms with van der Waals surface area (Å²) in [5.74, 6) is 1.86. The van der Waals surface area contributed by atoms with E-state index in [0.29, 0.717) is 18.3 Å². The zero-order valence-electron chi connectivity index (χ0n) is 8.69. The van der Waals surface area contributed by atoms with Crippen LogP contribution in [0.4, 0.5) is 5.82 Å². The highest BCUT2D eigenvalue weighted by Gasteiger charge is 2.01. The van der Waals surface area contributed by atoms with Gasteiger partial charge in [0.25, 0.3) is 0 Å². The van der Waals surface area contributed by atoms with Crippen LogP contribution >= 0.6 is 11.6 Å². The lowest BCUT2D eigenvalue weighted by Crippen LogP contribution is -1.98. The van der Waals surface area contributed by atoms with E-state index in [1.807, 2.05) is 18.2 Å². The fourth-order valence-corrected chi connectivity index (χ4v) is 1.50. The van der Waals surface area contributed by atoms with Crippen LogP contribution in [0, 0.1) is 0 Å². The van der Waals surface area contributed by atoms with Crippen LogP contribution in [0.15, 0.2) is 24.5 Å². The van der Waals surface area contributed by atoms with E-state index in [2.05, 4.69) is 9.97 Å². The summed E-state index contributed by atoms with van der Waals surface area (Å²) in [6.45, 7) is 0.607. The Morgan fingerprint density at radius 3 is 3.00 bits per heavy atom. The molecule has 0 saturated carbocycles. The van der Waals surface area contributed by atoms with Crippen LogP contribution in [-0.2, 0) is 0 Å². The number of ether oxygens (including phenoxy) is 1. The molecule has 2 N–H and O–H groups in total. The number of hydrogen-bond donors (Lipinski definition) is 1. The third-order valence-electron chi connectivity index (χ3n) is 2.19. The minimum Gasteiger partial charge on any atom is -0.493 e. The Kier molecular flexibility index (Phi) is 3.41. The van der Waals surface area contributed by atoms with Crippen molar-refractivity contribution in [3.63, 3.8) is 0 Å². The van der Waals surface area contributed by atoms with Crippen molar-refractivity contribution < 1.29 is 4.74 Å². The molecule has 0 saturated heterocycles. The smallest absolute Gasteiger partial charge is 0.134 e. The van der Waals surface area contributed by atoms with Crippen molar-refractivity contribution >= 4 is 28.3 Å². The molecule has 84 valence electrons. The first kappa shape index (κ1) is 11.0. The molecule has 0 fully saturated rings. The number of nitrogens with two attached hydrogens (primary N) is 1. The molecule has 1 aromatic heterocycles. The second-order valence-electron chi connectivity index (χ2n) is 3.33. The van der Waals surface area contributed by atoms with Crippen LogP contribution in [0.2, 0.25) is 0 Å². The maximum Gasteiger partial charge on any atom is 0.134 e. The third kappa shape index (κ3) is 2.33. The zero-order chi connectivity index (χ0) is 11.4. The van der Waals surface area contributed by atoms with Gasteiger partial charge in [0.2, 0.25) is 0 Å². The number of rotatable bonds is 4. The molecule has 0 atom stereocenters. The zero-order valence-corrected chi connectivity index (χ0v) is 9.44. The number of nitrogen functional groups attached to an aromatic ring is 1. The van der Waals surface area contributed by atoms with E-state index in [1.165, 1.54) is 6.33 Å². The minimum absolute atomic E-state index is 0.484. The molecule has 16 heavy (non-hydrogen) atoms. The number of benzene rings is 1. The Morgan fingerprint density at radius 2 is 2.19 bits per heavy atom. The Morgan fingerprint density at radius 1 is 1.31 bits per heavy atom. The normalized spacial score (nSPS) is 10.6. The van der Waals surface area contributed by atoms with Crippen molar-refractivity contribution in [2.45, 2.75) is 6.42 Å². The van der Waals surface area contributed by atoms with Gasteiger partial charge in [-0.05, 0) is 18.6 Å². The Labute approximate surface area is 98.4 Å². The van der Waals surface area contributed by atoms with Gasteiger partial charge in [0.15, 0.2) is 0 Å². The van der Waals surface area contributed by atoms with Crippen molar-refractivity contribution in [2.75, 3.05) is 18.2 Å². The maximum absolute atomic E-state index is 5.72. The van der Waals surface area contributed by atoms with E-state index in [9.17, 15) is 0 Å². The van der Waals surface area contributed by atoms with Gasteiger partial charge in [0.05, 0.1) is 12.1 Å². The van der Waals surface area contributed by atoms with Crippen molar-refractivity contribution in [2.24, 2.45) is 0 Å². The summed E-state index contributed by atoms with van der Waals surface area (Å²) >= 11 is 5.57. The van der Waals surface area contributed by atoms with Gasteiger partial charge in [-0.2, -0.15) is 0 Å². The van der Waals surface area contributed by atoms with Crippen molar-refractivity contribution in [3.05, 3.63) is 24.5 Å². The molecule has 0 radical (unpaired) electrons. The highest BCUT2D eigenvalue weighted by molar-refractivity contribution is 6.17. The molecule has 0 unspecified atom stereocenters. The van der Waals surface area contributed by atoms with E-state index in [4.69, 9.17) is 22.1 Å². The first-order chi connectivity index (χ1) is 7.81. The standard InChI is InChI=1S/C11H12ClN3O/c12-4-1-5-16-8-2-3-9-10(6-8)14-7-15-11(9)13/h2-3,6-7H,1,4-5H2,(H2,13,14,15). The molecule has 4 nitrogen and oxygen atoms in total. The lowest BCUT2D eigenvalue weighted by atomic mass is 10.2. The van der Waals surface area contributed by atoms with E-state index >= 15 is 0 Å². The van der Waals surface area contributed by atoms with Crippen LogP contribution in [0.1, 0.15) is 6.42 Å². The Hall–Kier alpha value is -1.55. The molecule has 0 aliphatic rings. The van der Waals surface area contributed by atoms with Gasteiger partial charge in [0.1, 0.15) is 17.9 Å². The van der Waals surface area contributed by atoms with Gasteiger partial charge < -0.3 is 10.5 Å². The SMILES string of the molecule is Nc1ncnc2cc(OCCCCl)ccc12. The lowest BCUT2D eigenvalue weighted by molar-refractivity contribution is 0.318. The molecule has 0 aliphatic carbocycles. The quantitative estimate of drug-likeness (QED) is 0.654. The van der Waals surface area contributed by atoms with Crippen molar-refractivity contribution in [1.29, 1.82) is 0 Å². The van der Waals surface area contributed by atoms with Crippen molar-refractivity contribution in [1.82, 2.24) is 9.97 Å². The van der Waals surface area contributed by atoms with Gasteiger partial charge >= 0.3 is 0 Å². The molecule has 2 rings (SSSR count). The molecular formula is C11H12ClN3O. The molecule has 2 aromatic rings. The fraction of sp³-hybridized carbons (Fsp3) is 0.273. The van der Waals surface area contributed by atoms with Gasteiger partial charge in [-0.3, -0.25) is 0 Å². The highest BCUT2D eigenvalue weighted by atomic mass is 35.5. The molecule has 1 aromatic carbocycles. The lowest BCUT2D eigenvalue weighted by Gasteiger charge is -2.06. The van der Waals surface area contributed by atoms with Crippen LogP contribution in [0.25, 0.3) is 10.9 Å². The average Bonchev–Trinajstić information content (AvgIpc) is 2.30. The van der Waals surface area contributed by atoms with E-state index < -0.39 is 0 Å². The van der Waals surface area contributed by atoms with Crippen LogP contribution in [-0.4, -0.2) is 22.5 Å². The van der Waals surface area contributed by atoms with Gasteiger partial charge in [-0.1, -0.05) is 0 Å². The van der Waals surface area contributed by atoms with Crippen LogP contribution < -0.4 is 10.5 Å². The monoisotopic (exact) mass is 237 g/mol. The maximum atomic E-state index is 5.72. The summed E-state index contributed by atoms with van der Waals surface area (Å²) in [6, 6.07) is 5.57. The largest absolute Gasteiger partial charge is 0.493 e. The molecule has 0 spiro atoms. The first-order valence-electron chi connectivity index (χ1n) is 5.00. The predicted octanol–water partition coefficient (Wildman–Crippen LogP) is 2.22. The predicted molar refractivity (Wildman–Crippen MR) is 64.8 cm³/mol. The number of aromatic nitrogens is 2. The molecule has 0 amide bonds. The number of halogens is 1. The van der Waals surface area contributed by atoms with E-state index in [0.717, 1.165) is 23.1 Å². The summed E-state index contributed by atoms with van der Waals surface area (Å²) in [5.41, 5.74) is 6.51. The number of anilines is 1. The summed E-state index contributed by atoms with van der Waals surface area (Å²) in [7, 11) is 0. The molecule has 1 heterocycles. The molecule has 5 heteroatoms. The minimum atomic E-state index is 0.484. The fourth-order valence-electron chi connectivity index (χ4n) is 1.39. The summed E-state index contributed by atoms with van der Waals surface area (Å²) in [5, 5.41) is 0.840. The Bertz CT molecular complexity index is 490. The van der Waals surface area contributed by atoms with Crippen LogP contribution in [0.5, 0.6) is 5.75 Å². The topological polar surface area (TPSA) is 61.0 Å².